The number of piperidine rings is 4. The monoisotopic (exact) mass is 1030 g/mol. The van der Waals surface area contributed by atoms with Gasteiger partial charge in [0.25, 0.3) is 19.2 Å². The van der Waals surface area contributed by atoms with E-state index < -0.39 is 19.2 Å². The fourth-order valence-electron chi connectivity index (χ4n) is 5.97. The molecule has 0 amide bonds. The molecule has 13 nitrogen and oxygen atoms in total. The molecule has 0 bridgehead atoms. The summed E-state index contributed by atoms with van der Waals surface area (Å²) in [6.07, 6.45) is 9.04. The average Bonchev–Trinajstić information content (AvgIpc) is 3.19. The van der Waals surface area contributed by atoms with Gasteiger partial charge in [-0.3, -0.25) is 4.18 Å². The standard InChI is InChI=1S/C13H19NO3S.C7H7ClO2S.C7H15NO.2C6H13NO.CH4O.4CH4.3Ar/c1-11-3-5-13(6-4-11)18(15,16)17-12-7-9-14(2)10-8-12;1-6-2-4-7(5-3-6)11(8,9)10;1-8-5-3-7(9-2)4-6-8;1-8-6-2-4-7-5-3-6;1-7-4-2-6(8)3-5-7;1-2;;;;;;;/h3-6,12H,7-10H2,1-2H3;2-5H,1H3;7H,3-6H2,1-2H3;6-7H,2-5H2,1H3;6,8H,2-5H2,1H3;2H,1H3;4*1H4;;;. The third kappa shape index (κ3) is 37.5. The number of ether oxygens (including phenoxy) is 2. The number of hydrogen-bond acceptors (Lipinski definition) is 13. The van der Waals surface area contributed by atoms with E-state index in [-0.39, 0.29) is 165 Å². The van der Waals surface area contributed by atoms with E-state index in [9.17, 15) is 16.8 Å². The summed E-state index contributed by atoms with van der Waals surface area (Å²) < 4.78 is 61.2. The third-order valence-electron chi connectivity index (χ3n) is 9.85. The first-order valence-electron chi connectivity index (χ1n) is 19.5. The Kier molecular flexibility index (Phi) is 56.8. The second-order valence-corrected chi connectivity index (χ2v) is 18.7. The summed E-state index contributed by atoms with van der Waals surface area (Å²) in [5.74, 6) is 0. The molecule has 6 rings (SSSR count). The van der Waals surface area contributed by atoms with Gasteiger partial charge in [-0.05, 0) is 124 Å². The number of halogens is 1. The Morgan fingerprint density at radius 1 is 0.556 bits per heavy atom. The molecular weight excluding hydrogens is 948 g/mol. The topological polar surface area (TPSA) is 158 Å². The smallest absolute Gasteiger partial charge is 0.297 e. The van der Waals surface area contributed by atoms with Crippen LogP contribution in [-0.2, 0) is 32.8 Å². The summed E-state index contributed by atoms with van der Waals surface area (Å²) in [5.41, 5.74) is 2.04. The Labute approximate surface area is 481 Å². The van der Waals surface area contributed by atoms with Gasteiger partial charge in [-0.1, -0.05) is 65.1 Å². The van der Waals surface area contributed by atoms with Crippen LogP contribution in [-0.4, -0.2) is 161 Å². The summed E-state index contributed by atoms with van der Waals surface area (Å²) in [6, 6.07) is 13.1. The molecule has 4 fully saturated rings. The van der Waals surface area contributed by atoms with Crippen LogP contribution < -0.4 is 5.32 Å². The van der Waals surface area contributed by atoms with Crippen molar-refractivity contribution in [2.75, 3.05) is 94.8 Å². The number of hydrogen-bond donors (Lipinski definition) is 3. The number of nitrogens with zero attached hydrogens (tertiary/aromatic N) is 3. The maximum atomic E-state index is 12.1. The molecule has 0 atom stereocenters. The van der Waals surface area contributed by atoms with Crippen LogP contribution in [0.1, 0.15) is 92.2 Å². The largest absolute Gasteiger partial charge is 0.400 e. The Morgan fingerprint density at radius 3 is 1.16 bits per heavy atom. The van der Waals surface area contributed by atoms with Gasteiger partial charge >= 0.3 is 0 Å². The van der Waals surface area contributed by atoms with Gasteiger partial charge in [0.15, 0.2) is 0 Å². The predicted molar refractivity (Wildman–Crippen MR) is 252 cm³/mol. The second-order valence-electron chi connectivity index (χ2n) is 14.6. The molecule has 2 aromatic rings. The number of likely N-dealkylation sites (tertiary alicyclic amines) is 3. The van der Waals surface area contributed by atoms with Crippen molar-refractivity contribution >= 4 is 29.9 Å². The number of aryl methyl sites for hydroxylation is 2. The fraction of sp³-hybridized carbons (Fsp3) is 0.727. The molecule has 0 aliphatic carbocycles. The van der Waals surface area contributed by atoms with Crippen LogP contribution in [0.2, 0.25) is 0 Å². The molecule has 2 aromatic carbocycles. The van der Waals surface area contributed by atoms with E-state index in [1.54, 1.807) is 50.6 Å². The van der Waals surface area contributed by atoms with E-state index in [1.165, 1.54) is 50.9 Å². The normalized spacial score (nSPS) is 17.4. The van der Waals surface area contributed by atoms with Crippen LogP contribution in [0.4, 0.5) is 0 Å². The van der Waals surface area contributed by atoms with Crippen LogP contribution >= 0.6 is 10.7 Å². The van der Waals surface area contributed by atoms with Gasteiger partial charge in [0.2, 0.25) is 0 Å². The van der Waals surface area contributed by atoms with E-state index >= 15 is 0 Å². The molecule has 3 N–H and O–H groups in total. The molecule has 19 heteroatoms. The SMILES string of the molecule is C.C.C.C.CN1CCC(O)CC1.CO.COC1CCN(C)CC1.COC1CCNCC1.Cc1ccc(S(=O)(=O)Cl)cc1.Cc1ccc(S(=O)(=O)OC2CCN(C)CC2)cc1.[Ar].[Ar].[Ar]. The van der Waals surface area contributed by atoms with Crippen molar-refractivity contribution in [3.63, 3.8) is 0 Å². The summed E-state index contributed by atoms with van der Waals surface area (Å²) in [6.45, 7) is 12.3. The zero-order valence-electron chi connectivity index (χ0n) is 36.1. The zero-order valence-corrected chi connectivity index (χ0v) is 40.6. The van der Waals surface area contributed by atoms with E-state index in [1.807, 2.05) is 20.9 Å². The summed E-state index contributed by atoms with van der Waals surface area (Å²) in [5, 5.41) is 19.3. The number of benzene rings is 2. The minimum absolute atomic E-state index is 0. The number of rotatable bonds is 6. The van der Waals surface area contributed by atoms with Gasteiger partial charge in [0.1, 0.15) is 0 Å². The van der Waals surface area contributed by atoms with Crippen molar-refractivity contribution in [3.8, 4) is 0 Å². The van der Waals surface area contributed by atoms with Crippen molar-refractivity contribution in [1.29, 1.82) is 0 Å². The quantitative estimate of drug-likeness (QED) is 0.200. The number of aliphatic hydroxyl groups excluding tert-OH is 2. The number of aliphatic hydroxyl groups is 2. The van der Waals surface area contributed by atoms with Gasteiger partial charge in [0.05, 0.1) is 34.2 Å². The van der Waals surface area contributed by atoms with Crippen LogP contribution in [0.3, 0.4) is 0 Å². The molecule has 4 aliphatic heterocycles. The van der Waals surface area contributed by atoms with Crippen molar-refractivity contribution in [1.82, 2.24) is 20.0 Å². The average molecular weight is 1040 g/mol. The van der Waals surface area contributed by atoms with Gasteiger partial charge in [0, 0.05) is 184 Å². The zero-order chi connectivity index (χ0) is 42.1. The molecule has 4 heterocycles. The van der Waals surface area contributed by atoms with E-state index in [0.29, 0.717) is 12.2 Å². The van der Waals surface area contributed by atoms with Crippen LogP contribution in [0.5, 0.6) is 0 Å². The second kappa shape index (κ2) is 45.2. The van der Waals surface area contributed by atoms with Gasteiger partial charge < -0.3 is 39.7 Å². The van der Waals surface area contributed by atoms with Crippen molar-refractivity contribution in [2.24, 2.45) is 0 Å². The summed E-state index contributed by atoms with van der Waals surface area (Å²) in [7, 11) is 8.79. The van der Waals surface area contributed by atoms with E-state index in [0.717, 1.165) is 83.2 Å². The Balaban J connectivity index is -0.000000124. The molecule has 4 aliphatic rings. The van der Waals surface area contributed by atoms with Crippen LogP contribution in [0, 0.1) is 127 Å². The first-order chi connectivity index (χ1) is 26.5. The van der Waals surface area contributed by atoms with Crippen LogP contribution in [0.15, 0.2) is 58.3 Å². The molecule has 0 aromatic heterocycles. The Bertz CT molecular complexity index is 1500. The minimum atomic E-state index is -3.61. The summed E-state index contributed by atoms with van der Waals surface area (Å²) in [4.78, 5) is 7.15. The van der Waals surface area contributed by atoms with Crippen molar-refractivity contribution in [3.05, 3.63) is 59.7 Å². The molecule has 0 radical (unpaired) electrons. The number of methoxy groups -OCH3 is 2. The maximum Gasteiger partial charge on any atom is 0.297 e. The fourth-order valence-corrected chi connectivity index (χ4v) is 7.87. The Morgan fingerprint density at radius 2 is 0.857 bits per heavy atom. The first-order valence-corrected chi connectivity index (χ1v) is 23.2. The maximum absolute atomic E-state index is 12.1. The van der Waals surface area contributed by atoms with E-state index in [4.69, 9.17) is 34.6 Å². The molecule has 380 valence electrons. The van der Waals surface area contributed by atoms with Crippen LogP contribution in [0.25, 0.3) is 0 Å². The Hall–Kier alpha value is 2.05. The number of nitrogens with one attached hydrogen (secondary N) is 1. The molecule has 63 heavy (non-hydrogen) atoms. The molecule has 0 unspecified atom stereocenters. The van der Waals surface area contributed by atoms with Gasteiger partial charge in [-0.2, -0.15) is 8.42 Å². The molecular formula is C44H87Ar3ClN4O9S2. The first kappa shape index (κ1) is 79.2. The molecule has 0 saturated carbocycles. The van der Waals surface area contributed by atoms with Gasteiger partial charge in [-0.15, -0.1) is 0 Å². The van der Waals surface area contributed by atoms with Crippen molar-refractivity contribution < 1.29 is 154 Å². The van der Waals surface area contributed by atoms with Crippen molar-refractivity contribution in [2.45, 2.75) is 129 Å². The molecule has 0 spiro atoms. The third-order valence-corrected chi connectivity index (χ3v) is 12.6. The predicted octanol–water partition coefficient (Wildman–Crippen LogP) is 7.05. The van der Waals surface area contributed by atoms with Gasteiger partial charge in [-0.25, -0.2) is 8.42 Å². The molecule has 4 saturated heterocycles. The minimum Gasteiger partial charge on any atom is -0.400 e. The summed E-state index contributed by atoms with van der Waals surface area (Å²) >= 11 is 0. The van der Waals surface area contributed by atoms with E-state index in [2.05, 4.69) is 34.1 Å².